The molecule has 0 saturated carbocycles. The van der Waals surface area contributed by atoms with Crippen LogP contribution in [0.1, 0.15) is 31.7 Å². The highest BCUT2D eigenvalue weighted by atomic mass is 35.5. The van der Waals surface area contributed by atoms with Crippen LogP contribution in [-0.2, 0) is 14.6 Å². The van der Waals surface area contributed by atoms with Gasteiger partial charge >= 0.3 is 0 Å². The molecule has 5 nitrogen and oxygen atoms in total. The Morgan fingerprint density at radius 1 is 1.21 bits per heavy atom. The van der Waals surface area contributed by atoms with Gasteiger partial charge in [-0.15, -0.1) is 0 Å². The van der Waals surface area contributed by atoms with Gasteiger partial charge in [0.1, 0.15) is 0 Å². The van der Waals surface area contributed by atoms with Gasteiger partial charge < -0.3 is 9.88 Å². The molecule has 0 radical (unpaired) electrons. The van der Waals surface area contributed by atoms with Gasteiger partial charge in [0, 0.05) is 39.4 Å². The molecule has 1 fully saturated rings. The van der Waals surface area contributed by atoms with E-state index < -0.39 is 9.84 Å². The first kappa shape index (κ1) is 19.3. The van der Waals surface area contributed by atoms with E-state index in [-0.39, 0.29) is 29.4 Å². The number of hydrogen-bond donors (Lipinski definition) is 1. The molecule has 0 aliphatic carbocycles. The van der Waals surface area contributed by atoms with E-state index in [0.29, 0.717) is 18.0 Å². The molecule has 1 aliphatic heterocycles. The second-order valence-corrected chi connectivity index (χ2v) is 10.2. The summed E-state index contributed by atoms with van der Waals surface area (Å²) in [5, 5.41) is 2.81. The third-order valence-electron chi connectivity index (χ3n) is 5.73. The minimum absolute atomic E-state index is 0.0249. The SMILES string of the molecule is CCN(C(=O)[C@H](C)c1ccc2c(c1)[nH]c1ccc(Cl)cc12)[C@H]1CCS(=O)(=O)C1. The maximum Gasteiger partial charge on any atom is 0.230 e. The molecule has 0 bridgehead atoms. The number of carbonyl (C=O) groups excluding carboxylic acids is 1. The van der Waals surface area contributed by atoms with Crippen molar-refractivity contribution in [3.63, 3.8) is 0 Å². The first-order chi connectivity index (χ1) is 13.3. The van der Waals surface area contributed by atoms with Crippen LogP contribution >= 0.6 is 11.6 Å². The molecule has 3 aromatic rings. The number of sulfone groups is 1. The van der Waals surface area contributed by atoms with Crippen LogP contribution in [0.3, 0.4) is 0 Å². The molecule has 2 aromatic carbocycles. The van der Waals surface area contributed by atoms with E-state index in [2.05, 4.69) is 4.98 Å². The molecular weight excluding hydrogens is 396 g/mol. The first-order valence-corrected chi connectivity index (χ1v) is 11.7. The highest BCUT2D eigenvalue weighted by Gasteiger charge is 2.35. The fourth-order valence-corrected chi connectivity index (χ4v) is 6.07. The van der Waals surface area contributed by atoms with E-state index in [1.807, 2.05) is 50.2 Å². The summed E-state index contributed by atoms with van der Waals surface area (Å²) in [4.78, 5) is 18.2. The van der Waals surface area contributed by atoms with Crippen molar-refractivity contribution in [2.45, 2.75) is 32.2 Å². The van der Waals surface area contributed by atoms with Crippen LogP contribution in [0, 0.1) is 0 Å². The van der Waals surface area contributed by atoms with Gasteiger partial charge in [-0.05, 0) is 50.1 Å². The number of hydrogen-bond acceptors (Lipinski definition) is 3. The number of nitrogens with zero attached hydrogens (tertiary/aromatic N) is 1. The molecule has 148 valence electrons. The first-order valence-electron chi connectivity index (χ1n) is 9.51. The molecule has 1 N–H and O–H groups in total. The number of amides is 1. The fraction of sp³-hybridized carbons (Fsp3) is 0.381. The monoisotopic (exact) mass is 418 g/mol. The van der Waals surface area contributed by atoms with Gasteiger partial charge in [0.25, 0.3) is 0 Å². The summed E-state index contributed by atoms with van der Waals surface area (Å²) < 4.78 is 23.7. The summed E-state index contributed by atoms with van der Waals surface area (Å²) in [5.41, 5.74) is 2.87. The number of fused-ring (bicyclic) bond motifs is 3. The van der Waals surface area contributed by atoms with Crippen LogP contribution in [0.5, 0.6) is 0 Å². The minimum atomic E-state index is -3.03. The second kappa shape index (κ2) is 7.08. The van der Waals surface area contributed by atoms with Gasteiger partial charge in [0.05, 0.1) is 17.4 Å². The number of H-pyrrole nitrogens is 1. The molecule has 7 heteroatoms. The van der Waals surface area contributed by atoms with Crippen LogP contribution in [0.15, 0.2) is 36.4 Å². The lowest BCUT2D eigenvalue weighted by atomic mass is 9.97. The lowest BCUT2D eigenvalue weighted by Crippen LogP contribution is -2.43. The summed E-state index contributed by atoms with van der Waals surface area (Å²) >= 11 is 6.13. The van der Waals surface area contributed by atoms with Gasteiger partial charge in [-0.2, -0.15) is 0 Å². The number of likely N-dealkylation sites (N-methyl/N-ethyl adjacent to an activating group) is 1. The quantitative estimate of drug-likeness (QED) is 0.693. The van der Waals surface area contributed by atoms with E-state index >= 15 is 0 Å². The topological polar surface area (TPSA) is 70.2 Å². The van der Waals surface area contributed by atoms with Gasteiger partial charge in [-0.3, -0.25) is 4.79 Å². The second-order valence-electron chi connectivity index (χ2n) is 7.52. The maximum absolute atomic E-state index is 13.1. The number of aromatic amines is 1. The fourth-order valence-electron chi connectivity index (χ4n) is 4.17. The van der Waals surface area contributed by atoms with Crippen molar-refractivity contribution < 1.29 is 13.2 Å². The van der Waals surface area contributed by atoms with Gasteiger partial charge in [0.15, 0.2) is 9.84 Å². The number of nitrogens with one attached hydrogen (secondary N) is 1. The van der Waals surface area contributed by atoms with Crippen molar-refractivity contribution >= 4 is 49.2 Å². The molecule has 1 aliphatic rings. The maximum atomic E-state index is 13.1. The Balaban J connectivity index is 1.64. The van der Waals surface area contributed by atoms with E-state index in [9.17, 15) is 13.2 Å². The zero-order valence-corrected chi connectivity index (χ0v) is 17.5. The summed E-state index contributed by atoms with van der Waals surface area (Å²) in [7, 11) is -3.03. The van der Waals surface area contributed by atoms with Crippen molar-refractivity contribution in [3.05, 3.63) is 47.0 Å². The summed E-state index contributed by atoms with van der Waals surface area (Å²) in [6, 6.07) is 11.5. The number of halogens is 1. The van der Waals surface area contributed by atoms with E-state index in [1.54, 1.807) is 4.90 Å². The molecule has 0 spiro atoms. The van der Waals surface area contributed by atoms with Crippen molar-refractivity contribution in [2.75, 3.05) is 18.1 Å². The zero-order valence-electron chi connectivity index (χ0n) is 15.9. The molecule has 1 amide bonds. The third kappa shape index (κ3) is 3.40. The molecule has 1 saturated heterocycles. The Morgan fingerprint density at radius 3 is 2.68 bits per heavy atom. The van der Waals surface area contributed by atoms with Crippen molar-refractivity contribution in [3.8, 4) is 0 Å². The van der Waals surface area contributed by atoms with Crippen LogP contribution in [0.4, 0.5) is 0 Å². The number of benzene rings is 2. The molecule has 2 atom stereocenters. The van der Waals surface area contributed by atoms with Crippen LogP contribution < -0.4 is 0 Å². The Morgan fingerprint density at radius 2 is 2.00 bits per heavy atom. The van der Waals surface area contributed by atoms with Crippen LogP contribution in [0.25, 0.3) is 21.8 Å². The molecule has 2 heterocycles. The van der Waals surface area contributed by atoms with Gasteiger partial charge in [-0.1, -0.05) is 23.7 Å². The Kier molecular flexibility index (Phi) is 4.88. The van der Waals surface area contributed by atoms with E-state index in [1.165, 1.54) is 0 Å². The average molecular weight is 419 g/mol. The number of aromatic nitrogens is 1. The molecule has 28 heavy (non-hydrogen) atoms. The van der Waals surface area contributed by atoms with Crippen LogP contribution in [0.2, 0.25) is 5.02 Å². The predicted molar refractivity (Wildman–Crippen MR) is 114 cm³/mol. The van der Waals surface area contributed by atoms with Crippen molar-refractivity contribution in [1.82, 2.24) is 9.88 Å². The molecule has 0 unspecified atom stereocenters. The highest BCUT2D eigenvalue weighted by molar-refractivity contribution is 7.91. The van der Waals surface area contributed by atoms with E-state index in [4.69, 9.17) is 11.6 Å². The average Bonchev–Trinajstić information content (AvgIpc) is 3.20. The van der Waals surface area contributed by atoms with E-state index in [0.717, 1.165) is 27.4 Å². The number of carbonyl (C=O) groups is 1. The largest absolute Gasteiger partial charge is 0.355 e. The Labute approximate surface area is 169 Å². The molecule has 1 aromatic heterocycles. The summed E-state index contributed by atoms with van der Waals surface area (Å²) in [5.74, 6) is -0.133. The Hall–Kier alpha value is -2.05. The van der Waals surface area contributed by atoms with Gasteiger partial charge in [-0.25, -0.2) is 8.42 Å². The molecular formula is C21H23ClN2O3S. The predicted octanol–water partition coefficient (Wildman–Crippen LogP) is 4.11. The smallest absolute Gasteiger partial charge is 0.230 e. The zero-order chi connectivity index (χ0) is 20.1. The molecule has 4 rings (SSSR count). The van der Waals surface area contributed by atoms with Gasteiger partial charge in [0.2, 0.25) is 5.91 Å². The summed E-state index contributed by atoms with van der Waals surface area (Å²) in [6.07, 6.45) is 0.524. The van der Waals surface area contributed by atoms with Crippen LogP contribution in [-0.4, -0.2) is 48.3 Å². The minimum Gasteiger partial charge on any atom is -0.355 e. The standard InChI is InChI=1S/C21H23ClN2O3S/c1-3-24(16-8-9-28(26,27)12-16)21(25)13(2)14-4-6-17-18-11-15(22)5-7-19(18)23-20(17)10-14/h4-7,10-11,13,16,23H,3,8-9,12H2,1-2H3/t13-,16+/m1/s1. The lowest BCUT2D eigenvalue weighted by molar-refractivity contribution is -0.134. The summed E-state index contributed by atoms with van der Waals surface area (Å²) in [6.45, 7) is 4.30. The third-order valence-corrected chi connectivity index (χ3v) is 7.71. The Bertz CT molecular complexity index is 1170. The lowest BCUT2D eigenvalue weighted by Gasteiger charge is -2.29. The number of rotatable bonds is 4. The van der Waals surface area contributed by atoms with Crippen molar-refractivity contribution in [1.29, 1.82) is 0 Å². The van der Waals surface area contributed by atoms with Crippen molar-refractivity contribution in [2.24, 2.45) is 0 Å². The highest BCUT2D eigenvalue weighted by Crippen LogP contribution is 2.31. The normalized spacial score (nSPS) is 19.9.